The minimum Gasteiger partial charge on any atom is -0.496 e. The highest BCUT2D eigenvalue weighted by Crippen LogP contribution is 2.22. The number of benzene rings is 1. The van der Waals surface area contributed by atoms with Gasteiger partial charge in [-0.1, -0.05) is 31.1 Å². The van der Waals surface area contributed by atoms with Crippen LogP contribution in [0.2, 0.25) is 0 Å². The zero-order valence-corrected chi connectivity index (χ0v) is 17.1. The molecule has 2 aromatic rings. The second-order valence-corrected chi connectivity index (χ2v) is 6.58. The van der Waals surface area contributed by atoms with Crippen LogP contribution >= 0.6 is 0 Å². The van der Waals surface area contributed by atoms with Gasteiger partial charge < -0.3 is 19.9 Å². The summed E-state index contributed by atoms with van der Waals surface area (Å²) in [6.07, 6.45) is 2.14. The topological polar surface area (TPSA) is 71.7 Å². The van der Waals surface area contributed by atoms with Gasteiger partial charge in [-0.2, -0.15) is 0 Å². The number of aryl methyl sites for hydroxylation is 1. The molecular weight excluding hydrogens is 340 g/mol. The van der Waals surface area contributed by atoms with E-state index in [0.29, 0.717) is 19.0 Å². The van der Waals surface area contributed by atoms with Crippen LogP contribution in [0.1, 0.15) is 62.1 Å². The van der Waals surface area contributed by atoms with Crippen LogP contribution in [-0.2, 0) is 13.1 Å². The number of rotatable bonds is 9. The van der Waals surface area contributed by atoms with Crippen molar-refractivity contribution in [2.24, 2.45) is 4.99 Å². The van der Waals surface area contributed by atoms with Gasteiger partial charge in [0.05, 0.1) is 25.9 Å². The molecule has 0 fully saturated rings. The normalized spacial score (nSPS) is 11.7. The molecule has 6 heteroatoms. The van der Waals surface area contributed by atoms with Gasteiger partial charge in [0.2, 0.25) is 0 Å². The SMILES string of the molecule is CCNC(=NCc1ccc(OC)c(C)c1)NCc1cc(C(CC)CC)no1. The first-order chi connectivity index (χ1) is 13.1. The van der Waals surface area contributed by atoms with E-state index in [2.05, 4.69) is 40.7 Å². The molecular formula is C21H32N4O2. The van der Waals surface area contributed by atoms with E-state index in [4.69, 9.17) is 9.26 Å². The molecule has 0 aliphatic carbocycles. The van der Waals surface area contributed by atoms with Crippen molar-refractivity contribution in [3.8, 4) is 5.75 Å². The summed E-state index contributed by atoms with van der Waals surface area (Å²) in [5.74, 6) is 2.93. The lowest BCUT2D eigenvalue weighted by atomic mass is 9.99. The van der Waals surface area contributed by atoms with E-state index in [1.165, 1.54) is 0 Å². The highest BCUT2D eigenvalue weighted by molar-refractivity contribution is 5.79. The summed E-state index contributed by atoms with van der Waals surface area (Å²) in [6, 6.07) is 8.16. The molecule has 1 aromatic heterocycles. The van der Waals surface area contributed by atoms with E-state index in [1.807, 2.05) is 32.0 Å². The Bertz CT molecular complexity index is 736. The first-order valence-electron chi connectivity index (χ1n) is 9.72. The molecule has 27 heavy (non-hydrogen) atoms. The summed E-state index contributed by atoms with van der Waals surface area (Å²) >= 11 is 0. The molecule has 0 amide bonds. The van der Waals surface area contributed by atoms with E-state index >= 15 is 0 Å². The molecule has 0 aliphatic heterocycles. The monoisotopic (exact) mass is 372 g/mol. The third-order valence-corrected chi connectivity index (χ3v) is 4.63. The summed E-state index contributed by atoms with van der Waals surface area (Å²) in [5, 5.41) is 10.8. The Hall–Kier alpha value is -2.50. The van der Waals surface area contributed by atoms with Crippen LogP contribution in [0.5, 0.6) is 5.75 Å². The third kappa shape index (κ3) is 6.01. The number of aromatic nitrogens is 1. The first kappa shape index (κ1) is 20.8. The van der Waals surface area contributed by atoms with Gasteiger partial charge in [0.15, 0.2) is 11.7 Å². The zero-order valence-electron chi connectivity index (χ0n) is 17.1. The van der Waals surface area contributed by atoms with Crippen molar-refractivity contribution in [3.05, 3.63) is 46.8 Å². The van der Waals surface area contributed by atoms with Crippen LogP contribution < -0.4 is 15.4 Å². The molecule has 0 radical (unpaired) electrons. The fourth-order valence-corrected chi connectivity index (χ4v) is 3.03. The number of nitrogens with zero attached hydrogens (tertiary/aromatic N) is 2. The molecule has 6 nitrogen and oxygen atoms in total. The van der Waals surface area contributed by atoms with Gasteiger partial charge in [-0.05, 0) is 43.9 Å². The lowest BCUT2D eigenvalue weighted by Crippen LogP contribution is -2.36. The molecule has 0 atom stereocenters. The minimum atomic E-state index is 0.461. The Balaban J connectivity index is 1.98. The maximum absolute atomic E-state index is 5.47. The quantitative estimate of drug-likeness (QED) is 0.511. The molecule has 0 saturated heterocycles. The van der Waals surface area contributed by atoms with E-state index in [9.17, 15) is 0 Å². The van der Waals surface area contributed by atoms with Crippen LogP contribution in [0.4, 0.5) is 0 Å². The number of aliphatic imine (C=N–C) groups is 1. The molecule has 0 aliphatic rings. The summed E-state index contributed by atoms with van der Waals surface area (Å²) < 4.78 is 10.8. The molecule has 1 heterocycles. The fourth-order valence-electron chi connectivity index (χ4n) is 3.03. The highest BCUT2D eigenvalue weighted by Gasteiger charge is 2.13. The first-order valence-corrected chi connectivity index (χ1v) is 9.72. The van der Waals surface area contributed by atoms with Crippen LogP contribution in [-0.4, -0.2) is 24.8 Å². The van der Waals surface area contributed by atoms with Gasteiger partial charge in [-0.25, -0.2) is 4.99 Å². The Kier molecular flexibility index (Phi) is 8.17. The fraction of sp³-hybridized carbons (Fsp3) is 0.524. The smallest absolute Gasteiger partial charge is 0.191 e. The van der Waals surface area contributed by atoms with Crippen molar-refractivity contribution in [2.75, 3.05) is 13.7 Å². The summed E-state index contributed by atoms with van der Waals surface area (Å²) in [7, 11) is 1.69. The Morgan fingerprint density at radius 1 is 1.19 bits per heavy atom. The van der Waals surface area contributed by atoms with Gasteiger partial charge in [-0.15, -0.1) is 0 Å². The van der Waals surface area contributed by atoms with Crippen LogP contribution in [0.3, 0.4) is 0 Å². The molecule has 1 aromatic carbocycles. The zero-order chi connectivity index (χ0) is 19.6. The predicted octanol–water partition coefficient (Wildman–Crippen LogP) is 4.15. The highest BCUT2D eigenvalue weighted by atomic mass is 16.5. The molecule has 0 saturated carbocycles. The van der Waals surface area contributed by atoms with Crippen molar-refractivity contribution in [1.82, 2.24) is 15.8 Å². The van der Waals surface area contributed by atoms with Crippen molar-refractivity contribution in [1.29, 1.82) is 0 Å². The van der Waals surface area contributed by atoms with Crippen LogP contribution in [0.15, 0.2) is 33.8 Å². The van der Waals surface area contributed by atoms with Gasteiger partial charge >= 0.3 is 0 Å². The standard InChI is InChI=1S/C21H32N4O2/c1-6-17(7-2)19-12-18(27-25-19)14-24-21(22-8-3)23-13-16-9-10-20(26-5)15(4)11-16/h9-12,17H,6-8,13-14H2,1-5H3,(H2,22,23,24). The molecule has 0 bridgehead atoms. The lowest BCUT2D eigenvalue weighted by molar-refractivity contribution is 0.368. The van der Waals surface area contributed by atoms with E-state index in [-0.39, 0.29) is 0 Å². The Morgan fingerprint density at radius 3 is 2.59 bits per heavy atom. The van der Waals surface area contributed by atoms with E-state index < -0.39 is 0 Å². The second-order valence-electron chi connectivity index (χ2n) is 6.58. The number of methoxy groups -OCH3 is 1. The van der Waals surface area contributed by atoms with Crippen LogP contribution in [0.25, 0.3) is 0 Å². The number of hydrogen-bond donors (Lipinski definition) is 2. The van der Waals surface area contributed by atoms with E-state index in [0.717, 1.165) is 53.7 Å². The summed E-state index contributed by atoms with van der Waals surface area (Å²) in [5.41, 5.74) is 3.28. The summed E-state index contributed by atoms with van der Waals surface area (Å²) in [6.45, 7) is 10.4. The number of nitrogens with one attached hydrogen (secondary N) is 2. The number of hydrogen-bond acceptors (Lipinski definition) is 4. The van der Waals surface area contributed by atoms with Gasteiger partial charge in [0, 0.05) is 18.5 Å². The van der Waals surface area contributed by atoms with Gasteiger partial charge in [0.25, 0.3) is 0 Å². The minimum absolute atomic E-state index is 0.461. The Labute approximate surface area is 162 Å². The number of ether oxygens (including phenoxy) is 1. The lowest BCUT2D eigenvalue weighted by Gasteiger charge is -2.10. The van der Waals surface area contributed by atoms with Crippen molar-refractivity contribution in [2.45, 2.75) is 59.5 Å². The molecule has 0 spiro atoms. The van der Waals surface area contributed by atoms with Crippen molar-refractivity contribution < 1.29 is 9.26 Å². The molecule has 2 rings (SSSR count). The Morgan fingerprint density at radius 2 is 1.96 bits per heavy atom. The molecule has 148 valence electrons. The van der Waals surface area contributed by atoms with Crippen LogP contribution in [0, 0.1) is 6.92 Å². The average Bonchev–Trinajstić information content (AvgIpc) is 3.14. The largest absolute Gasteiger partial charge is 0.496 e. The maximum atomic E-state index is 5.47. The summed E-state index contributed by atoms with van der Waals surface area (Å²) in [4.78, 5) is 4.66. The molecule has 2 N–H and O–H groups in total. The average molecular weight is 373 g/mol. The third-order valence-electron chi connectivity index (χ3n) is 4.63. The molecule has 0 unspecified atom stereocenters. The number of guanidine groups is 1. The van der Waals surface area contributed by atoms with E-state index in [1.54, 1.807) is 7.11 Å². The van der Waals surface area contributed by atoms with Crippen molar-refractivity contribution >= 4 is 5.96 Å². The van der Waals surface area contributed by atoms with Crippen molar-refractivity contribution in [3.63, 3.8) is 0 Å². The van der Waals surface area contributed by atoms with Gasteiger partial charge in [-0.3, -0.25) is 0 Å². The second kappa shape index (κ2) is 10.6. The predicted molar refractivity (Wildman–Crippen MR) is 109 cm³/mol. The maximum Gasteiger partial charge on any atom is 0.191 e. The van der Waals surface area contributed by atoms with Gasteiger partial charge in [0.1, 0.15) is 5.75 Å².